The summed E-state index contributed by atoms with van der Waals surface area (Å²) in [5.74, 6) is 0. The molecule has 21 heavy (non-hydrogen) atoms. The van der Waals surface area contributed by atoms with Gasteiger partial charge in [-0.25, -0.2) is 4.98 Å². The zero-order valence-electron chi connectivity index (χ0n) is 11.8. The van der Waals surface area contributed by atoms with Gasteiger partial charge in [0.2, 0.25) is 0 Å². The zero-order valence-corrected chi connectivity index (χ0v) is 14.2. The van der Waals surface area contributed by atoms with Crippen molar-refractivity contribution >= 4 is 38.9 Å². The molecule has 3 nitrogen and oxygen atoms in total. The molecule has 0 spiro atoms. The number of rotatable bonds is 3. The molecule has 5 heteroatoms. The number of benzene rings is 1. The summed E-state index contributed by atoms with van der Waals surface area (Å²) in [4.78, 5) is 4.56. The standard InChI is InChI=1S/C16H15BrClN3/c1-10-7-12(17)14(8-13(10)18)19-9-15-11(2)20-16-5-3-4-6-21(15)16/h3-8,19H,9H2,1-2H3. The van der Waals surface area contributed by atoms with Crippen molar-refractivity contribution in [2.45, 2.75) is 20.4 Å². The summed E-state index contributed by atoms with van der Waals surface area (Å²) in [6, 6.07) is 9.98. The molecule has 108 valence electrons. The van der Waals surface area contributed by atoms with Crippen LogP contribution in [0.15, 0.2) is 41.0 Å². The first-order valence-electron chi connectivity index (χ1n) is 6.68. The van der Waals surface area contributed by atoms with Gasteiger partial charge in [-0.05, 0) is 59.6 Å². The molecule has 0 saturated carbocycles. The molecule has 3 aromatic rings. The molecule has 0 atom stereocenters. The highest BCUT2D eigenvalue weighted by atomic mass is 79.9. The topological polar surface area (TPSA) is 29.3 Å². The van der Waals surface area contributed by atoms with Gasteiger partial charge in [-0.15, -0.1) is 0 Å². The monoisotopic (exact) mass is 363 g/mol. The summed E-state index contributed by atoms with van der Waals surface area (Å²) in [6.07, 6.45) is 2.03. The normalized spacial score (nSPS) is 11.0. The molecule has 0 amide bonds. The largest absolute Gasteiger partial charge is 0.378 e. The van der Waals surface area contributed by atoms with Crippen molar-refractivity contribution in [3.05, 3.63) is 63.0 Å². The van der Waals surface area contributed by atoms with E-state index < -0.39 is 0 Å². The third kappa shape index (κ3) is 2.78. The van der Waals surface area contributed by atoms with Gasteiger partial charge in [-0.3, -0.25) is 0 Å². The SMILES string of the molecule is Cc1cc(Br)c(NCc2c(C)nc3ccccn23)cc1Cl. The zero-order chi connectivity index (χ0) is 15.0. The van der Waals surface area contributed by atoms with Crippen molar-refractivity contribution in [2.75, 3.05) is 5.32 Å². The molecular formula is C16H15BrClN3. The van der Waals surface area contributed by atoms with Gasteiger partial charge < -0.3 is 9.72 Å². The number of nitrogens with zero attached hydrogens (tertiary/aromatic N) is 2. The number of hydrogen-bond acceptors (Lipinski definition) is 2. The average Bonchev–Trinajstić information content (AvgIpc) is 2.77. The molecule has 0 aliphatic heterocycles. The fourth-order valence-electron chi connectivity index (χ4n) is 2.34. The lowest BCUT2D eigenvalue weighted by atomic mass is 10.2. The maximum Gasteiger partial charge on any atom is 0.137 e. The molecule has 0 saturated heterocycles. The van der Waals surface area contributed by atoms with Crippen LogP contribution in [0, 0.1) is 13.8 Å². The number of aryl methyl sites for hydroxylation is 2. The minimum atomic E-state index is 0.689. The Hall–Kier alpha value is -1.52. The number of pyridine rings is 1. The highest BCUT2D eigenvalue weighted by molar-refractivity contribution is 9.10. The van der Waals surface area contributed by atoms with E-state index >= 15 is 0 Å². The Balaban J connectivity index is 1.90. The van der Waals surface area contributed by atoms with Crippen LogP contribution >= 0.6 is 27.5 Å². The Morgan fingerprint density at radius 3 is 2.90 bits per heavy atom. The van der Waals surface area contributed by atoms with Crippen LogP contribution in [0.3, 0.4) is 0 Å². The minimum Gasteiger partial charge on any atom is -0.378 e. The first kappa shape index (κ1) is 14.4. The molecule has 0 aliphatic rings. The quantitative estimate of drug-likeness (QED) is 0.710. The van der Waals surface area contributed by atoms with E-state index in [9.17, 15) is 0 Å². The lowest BCUT2D eigenvalue weighted by Gasteiger charge is -2.11. The average molecular weight is 365 g/mol. The summed E-state index contributed by atoms with van der Waals surface area (Å²) in [7, 11) is 0. The number of imidazole rings is 1. The summed E-state index contributed by atoms with van der Waals surface area (Å²) in [6.45, 7) is 4.71. The Kier molecular flexibility index (Phi) is 3.91. The van der Waals surface area contributed by atoms with E-state index in [0.29, 0.717) is 6.54 Å². The lowest BCUT2D eigenvalue weighted by Crippen LogP contribution is -2.04. The van der Waals surface area contributed by atoms with Crippen molar-refractivity contribution in [1.29, 1.82) is 0 Å². The van der Waals surface area contributed by atoms with Gasteiger partial charge in [0, 0.05) is 15.7 Å². The predicted molar refractivity (Wildman–Crippen MR) is 91.1 cm³/mol. The van der Waals surface area contributed by atoms with Gasteiger partial charge in [0.25, 0.3) is 0 Å². The van der Waals surface area contributed by atoms with E-state index in [1.54, 1.807) is 0 Å². The second-order valence-corrected chi connectivity index (χ2v) is 6.27. The molecule has 1 aromatic carbocycles. The van der Waals surface area contributed by atoms with Crippen molar-refractivity contribution in [1.82, 2.24) is 9.38 Å². The summed E-state index contributed by atoms with van der Waals surface area (Å²) >= 11 is 9.76. The number of hydrogen-bond donors (Lipinski definition) is 1. The number of fused-ring (bicyclic) bond motifs is 1. The first-order chi connectivity index (χ1) is 10.1. The second kappa shape index (κ2) is 5.70. The molecule has 2 aromatic heterocycles. The van der Waals surface area contributed by atoms with E-state index in [-0.39, 0.29) is 0 Å². The third-order valence-electron chi connectivity index (χ3n) is 3.52. The fourth-order valence-corrected chi connectivity index (χ4v) is 3.10. The fraction of sp³-hybridized carbons (Fsp3) is 0.188. The molecule has 0 radical (unpaired) electrons. The molecule has 1 N–H and O–H groups in total. The molecule has 0 aliphatic carbocycles. The Bertz CT molecular complexity index is 811. The summed E-state index contributed by atoms with van der Waals surface area (Å²) in [5.41, 5.74) is 5.18. The minimum absolute atomic E-state index is 0.689. The third-order valence-corrected chi connectivity index (χ3v) is 4.59. The highest BCUT2D eigenvalue weighted by Crippen LogP contribution is 2.29. The number of halogens is 2. The molecule has 0 unspecified atom stereocenters. The van der Waals surface area contributed by atoms with Gasteiger partial charge in [-0.1, -0.05) is 17.7 Å². The van der Waals surface area contributed by atoms with Crippen molar-refractivity contribution < 1.29 is 0 Å². The van der Waals surface area contributed by atoms with E-state index in [2.05, 4.69) is 30.6 Å². The van der Waals surface area contributed by atoms with Gasteiger partial charge in [0.05, 0.1) is 23.6 Å². The van der Waals surface area contributed by atoms with Crippen LogP contribution in [0.1, 0.15) is 17.0 Å². The van der Waals surface area contributed by atoms with Gasteiger partial charge >= 0.3 is 0 Å². The predicted octanol–water partition coefficient (Wildman–Crippen LogP) is 4.98. The van der Waals surface area contributed by atoms with E-state index in [1.807, 2.05) is 50.4 Å². The van der Waals surface area contributed by atoms with Crippen LogP contribution in [0.25, 0.3) is 5.65 Å². The van der Waals surface area contributed by atoms with Gasteiger partial charge in [0.15, 0.2) is 0 Å². The Morgan fingerprint density at radius 2 is 2.10 bits per heavy atom. The Labute approximate surface area is 137 Å². The number of anilines is 1. The first-order valence-corrected chi connectivity index (χ1v) is 7.85. The van der Waals surface area contributed by atoms with Crippen molar-refractivity contribution in [3.8, 4) is 0 Å². The van der Waals surface area contributed by atoms with E-state index in [0.717, 1.165) is 37.8 Å². The van der Waals surface area contributed by atoms with E-state index in [1.165, 1.54) is 0 Å². The maximum absolute atomic E-state index is 6.19. The van der Waals surface area contributed by atoms with Gasteiger partial charge in [-0.2, -0.15) is 0 Å². The molecule has 0 bridgehead atoms. The molecular weight excluding hydrogens is 350 g/mol. The van der Waals surface area contributed by atoms with Crippen LogP contribution < -0.4 is 5.32 Å². The highest BCUT2D eigenvalue weighted by Gasteiger charge is 2.09. The van der Waals surface area contributed by atoms with Crippen LogP contribution in [0.4, 0.5) is 5.69 Å². The van der Waals surface area contributed by atoms with Crippen LogP contribution in [-0.4, -0.2) is 9.38 Å². The maximum atomic E-state index is 6.19. The van der Waals surface area contributed by atoms with Crippen molar-refractivity contribution in [2.24, 2.45) is 0 Å². The Morgan fingerprint density at radius 1 is 1.29 bits per heavy atom. The molecule has 0 fully saturated rings. The smallest absolute Gasteiger partial charge is 0.137 e. The number of aromatic nitrogens is 2. The number of nitrogens with one attached hydrogen (secondary N) is 1. The molecule has 3 rings (SSSR count). The molecule has 2 heterocycles. The second-order valence-electron chi connectivity index (χ2n) is 5.01. The lowest BCUT2D eigenvalue weighted by molar-refractivity contribution is 0.985. The summed E-state index contributed by atoms with van der Waals surface area (Å²) < 4.78 is 3.11. The van der Waals surface area contributed by atoms with Crippen LogP contribution in [0.2, 0.25) is 5.02 Å². The van der Waals surface area contributed by atoms with Crippen molar-refractivity contribution in [3.63, 3.8) is 0 Å². The van der Waals surface area contributed by atoms with Crippen LogP contribution in [-0.2, 0) is 6.54 Å². The van der Waals surface area contributed by atoms with Gasteiger partial charge in [0.1, 0.15) is 5.65 Å². The van der Waals surface area contributed by atoms with E-state index in [4.69, 9.17) is 11.6 Å². The summed E-state index contributed by atoms with van der Waals surface area (Å²) in [5, 5.41) is 4.18. The van der Waals surface area contributed by atoms with Crippen LogP contribution in [0.5, 0.6) is 0 Å².